The van der Waals surface area contributed by atoms with E-state index in [9.17, 15) is 4.39 Å². The van der Waals surface area contributed by atoms with Gasteiger partial charge < -0.3 is 0 Å². The number of nitrogens with zero attached hydrogens (tertiary/aromatic N) is 2. The zero-order valence-electron chi connectivity index (χ0n) is 13.6. The molecule has 0 saturated heterocycles. The Morgan fingerprint density at radius 2 is 1.92 bits per heavy atom. The second-order valence-corrected chi connectivity index (χ2v) is 10.7. The molecule has 0 radical (unpaired) electrons. The van der Waals surface area contributed by atoms with Gasteiger partial charge in [0.1, 0.15) is 0 Å². The van der Waals surface area contributed by atoms with Crippen molar-refractivity contribution < 1.29 is 4.39 Å². The van der Waals surface area contributed by atoms with Crippen molar-refractivity contribution in [2.45, 2.75) is 25.1 Å². The molecule has 1 heterocycles. The predicted molar refractivity (Wildman–Crippen MR) is 99.3 cm³/mol. The molecule has 0 saturated carbocycles. The molecule has 1 aromatic heterocycles. The third-order valence-electron chi connectivity index (χ3n) is 3.22. The van der Waals surface area contributed by atoms with Gasteiger partial charge in [-0.25, -0.2) is 0 Å². The van der Waals surface area contributed by atoms with Crippen molar-refractivity contribution in [1.29, 1.82) is 0 Å². The molecule has 3 nitrogen and oxygen atoms in total. The monoisotopic (exact) mass is 409 g/mol. The van der Waals surface area contributed by atoms with Gasteiger partial charge in [-0.3, -0.25) is 0 Å². The Kier molecular flexibility index (Phi) is 4.77. The first-order chi connectivity index (χ1) is 11.3. The van der Waals surface area contributed by atoms with E-state index in [1.165, 1.54) is 16.9 Å². The Labute approximate surface area is 151 Å². The van der Waals surface area contributed by atoms with Gasteiger partial charge in [0.25, 0.3) is 0 Å². The molecule has 0 unspecified atom stereocenters. The van der Waals surface area contributed by atoms with Gasteiger partial charge in [-0.2, -0.15) is 0 Å². The average Bonchev–Trinajstić information content (AvgIpc) is 2.50. The van der Waals surface area contributed by atoms with Gasteiger partial charge in [-0.15, -0.1) is 0 Å². The first-order valence-corrected chi connectivity index (χ1v) is 9.57. The molecule has 0 aliphatic carbocycles. The van der Waals surface area contributed by atoms with Crippen LogP contribution in [-0.4, -0.2) is 24.9 Å². The maximum atomic E-state index is 13.4. The molecule has 24 heavy (non-hydrogen) atoms. The van der Waals surface area contributed by atoms with Crippen molar-refractivity contribution in [2.75, 3.05) is 5.32 Å². The van der Waals surface area contributed by atoms with Crippen LogP contribution in [-0.2, 0) is 0 Å². The number of hydrogen-bond acceptors (Lipinski definition) is 3. The fraction of sp³-hybridized carbons (Fsp3) is 0.222. The normalized spacial score (nSPS) is 11.7. The van der Waals surface area contributed by atoms with Gasteiger partial charge >= 0.3 is 152 Å². The first-order valence-electron chi connectivity index (χ1n) is 7.48. The van der Waals surface area contributed by atoms with Crippen LogP contribution in [0.2, 0.25) is 9.34 Å². The minimum atomic E-state index is -0.438. The summed E-state index contributed by atoms with van der Waals surface area (Å²) in [4.78, 5) is 8.77. The van der Waals surface area contributed by atoms with Crippen molar-refractivity contribution in [3.63, 3.8) is 0 Å². The summed E-state index contributed by atoms with van der Waals surface area (Å²) in [6.45, 7) is 6.67. The van der Waals surface area contributed by atoms with Crippen LogP contribution in [0.15, 0.2) is 42.7 Å². The molecular weight excluding hydrogens is 392 g/mol. The SMILES string of the molecule is CC(C)(C)[Se]c1cccc2ncnc(Nc3ccc(F)c(Cl)c3)c12. The Morgan fingerprint density at radius 1 is 1.12 bits per heavy atom. The number of halogens is 2. The summed E-state index contributed by atoms with van der Waals surface area (Å²) in [7, 11) is 0. The fourth-order valence-electron chi connectivity index (χ4n) is 2.30. The molecule has 3 rings (SSSR count). The van der Waals surface area contributed by atoms with Gasteiger partial charge in [0.15, 0.2) is 0 Å². The van der Waals surface area contributed by atoms with Gasteiger partial charge in [-0.1, -0.05) is 0 Å². The second kappa shape index (κ2) is 6.67. The van der Waals surface area contributed by atoms with Gasteiger partial charge in [-0.05, 0) is 0 Å². The number of fused-ring (bicyclic) bond motifs is 1. The molecule has 1 N–H and O–H groups in total. The summed E-state index contributed by atoms with van der Waals surface area (Å²) >= 11 is 6.13. The van der Waals surface area contributed by atoms with E-state index in [0.717, 1.165) is 10.9 Å². The number of aromatic nitrogens is 2. The van der Waals surface area contributed by atoms with Crippen LogP contribution in [0.3, 0.4) is 0 Å². The van der Waals surface area contributed by atoms with Crippen LogP contribution in [0.1, 0.15) is 20.8 Å². The van der Waals surface area contributed by atoms with Crippen molar-refractivity contribution in [1.82, 2.24) is 9.97 Å². The third-order valence-corrected chi connectivity index (χ3v) is 5.97. The predicted octanol–water partition coefficient (Wildman–Crippen LogP) is 4.71. The Hall–Kier alpha value is -1.68. The topological polar surface area (TPSA) is 37.8 Å². The van der Waals surface area contributed by atoms with E-state index in [0.29, 0.717) is 11.5 Å². The van der Waals surface area contributed by atoms with E-state index in [1.54, 1.807) is 12.1 Å². The quantitative estimate of drug-likeness (QED) is 0.638. The van der Waals surface area contributed by atoms with E-state index in [1.807, 2.05) is 12.1 Å². The molecule has 2 aromatic carbocycles. The number of hydrogen-bond donors (Lipinski definition) is 1. The number of nitrogens with one attached hydrogen (secondary N) is 1. The summed E-state index contributed by atoms with van der Waals surface area (Å²) in [5.41, 5.74) is 1.59. The van der Waals surface area contributed by atoms with E-state index in [-0.39, 0.29) is 24.3 Å². The maximum absolute atomic E-state index is 13.4. The molecule has 0 bridgehead atoms. The van der Waals surface area contributed by atoms with Crippen LogP contribution < -0.4 is 9.78 Å². The van der Waals surface area contributed by atoms with Gasteiger partial charge in [0, 0.05) is 0 Å². The van der Waals surface area contributed by atoms with Crippen LogP contribution in [0.4, 0.5) is 15.9 Å². The van der Waals surface area contributed by atoms with Crippen LogP contribution in [0, 0.1) is 5.82 Å². The first kappa shape index (κ1) is 17.2. The molecule has 0 fully saturated rings. The Morgan fingerprint density at radius 3 is 2.62 bits per heavy atom. The van der Waals surface area contributed by atoms with Crippen molar-refractivity contribution in [2.24, 2.45) is 0 Å². The molecule has 0 atom stereocenters. The Balaban J connectivity index is 2.08. The zero-order chi connectivity index (χ0) is 17.3. The zero-order valence-corrected chi connectivity index (χ0v) is 16.1. The minimum absolute atomic E-state index is 0.0810. The van der Waals surface area contributed by atoms with Crippen LogP contribution >= 0.6 is 11.6 Å². The van der Waals surface area contributed by atoms with E-state index in [4.69, 9.17) is 11.6 Å². The number of benzene rings is 2. The van der Waals surface area contributed by atoms with E-state index in [2.05, 4.69) is 42.1 Å². The molecule has 124 valence electrons. The number of rotatable bonds is 3. The Bertz CT molecular complexity index is 888. The standard InChI is InChI=1S/C18H17ClFN3Se/c1-18(2,3)24-15-6-4-5-14-16(15)17(22-10-21-14)23-11-7-8-13(20)12(19)9-11/h4-10H,1-3H3,(H,21,22,23). The summed E-state index contributed by atoms with van der Waals surface area (Å²) in [6, 6.07) is 10.7. The average molecular weight is 409 g/mol. The molecule has 6 heteroatoms. The summed E-state index contributed by atoms with van der Waals surface area (Å²) < 4.78 is 14.8. The molecule has 0 amide bonds. The second-order valence-electron chi connectivity index (χ2n) is 6.34. The van der Waals surface area contributed by atoms with Crippen molar-refractivity contribution in [3.05, 3.63) is 53.6 Å². The third kappa shape index (κ3) is 3.86. The van der Waals surface area contributed by atoms with Crippen LogP contribution in [0.25, 0.3) is 10.9 Å². The number of anilines is 2. The van der Waals surface area contributed by atoms with Gasteiger partial charge in [0.05, 0.1) is 0 Å². The van der Waals surface area contributed by atoms with Crippen molar-refractivity contribution in [3.8, 4) is 0 Å². The molecular formula is C18H17ClFN3Se. The summed E-state index contributed by atoms with van der Waals surface area (Å²) in [5.74, 6) is 0.274. The van der Waals surface area contributed by atoms with Gasteiger partial charge in [0.2, 0.25) is 0 Å². The van der Waals surface area contributed by atoms with E-state index >= 15 is 0 Å². The summed E-state index contributed by atoms with van der Waals surface area (Å²) in [6.07, 6.45) is 1.53. The van der Waals surface area contributed by atoms with Crippen LogP contribution in [0.5, 0.6) is 0 Å². The fourth-order valence-corrected chi connectivity index (χ4v) is 4.81. The molecule has 0 spiro atoms. The summed E-state index contributed by atoms with van der Waals surface area (Å²) in [5, 5.41) is 4.34. The molecule has 3 aromatic rings. The molecule has 0 aliphatic rings. The van der Waals surface area contributed by atoms with Crippen molar-refractivity contribution >= 4 is 53.4 Å². The van der Waals surface area contributed by atoms with E-state index < -0.39 is 5.82 Å². The molecule has 0 aliphatic heterocycles.